The number of ether oxygens (including phenoxy) is 1. The zero-order chi connectivity index (χ0) is 11.5. The number of benzene rings is 1. The number of hydrogen-bond donors (Lipinski definition) is 0. The van der Waals surface area contributed by atoms with Crippen LogP contribution in [-0.4, -0.2) is 19.2 Å². The lowest BCUT2D eigenvalue weighted by atomic mass is 9.81. The summed E-state index contributed by atoms with van der Waals surface area (Å²) in [6.07, 6.45) is 2.74. The molecule has 0 radical (unpaired) electrons. The molecule has 3 nitrogen and oxygen atoms in total. The van der Waals surface area contributed by atoms with Gasteiger partial charge in [-0.25, -0.2) is 0 Å². The molecular weight excluding hydrogens is 204 g/mol. The van der Waals surface area contributed by atoms with Crippen molar-refractivity contribution in [1.82, 2.24) is 0 Å². The predicted octanol–water partition coefficient (Wildman–Crippen LogP) is 2.03. The first-order valence-electron chi connectivity index (χ1n) is 5.41. The molecule has 1 atom stereocenters. The van der Waals surface area contributed by atoms with Gasteiger partial charge in [-0.2, -0.15) is 0 Å². The Hall–Kier alpha value is -1.64. The molecule has 84 valence electrons. The van der Waals surface area contributed by atoms with Gasteiger partial charge in [-0.1, -0.05) is 12.1 Å². The molecule has 2 rings (SSSR count). The molecule has 1 aromatic rings. The van der Waals surface area contributed by atoms with Gasteiger partial charge in [0.15, 0.2) is 5.78 Å². The Bertz CT molecular complexity index is 409. The van der Waals surface area contributed by atoms with Crippen LogP contribution in [0.4, 0.5) is 0 Å². The fourth-order valence-electron chi connectivity index (χ4n) is 2.24. The lowest BCUT2D eigenvalue weighted by Crippen LogP contribution is -2.23. The number of aryl methyl sites for hydroxylation is 1. The van der Waals surface area contributed by atoms with E-state index in [9.17, 15) is 9.59 Å². The monoisotopic (exact) mass is 218 g/mol. The number of carbonyl (C=O) groups is 2. The van der Waals surface area contributed by atoms with Crippen molar-refractivity contribution in [1.29, 1.82) is 0 Å². The molecule has 0 saturated carbocycles. The van der Waals surface area contributed by atoms with E-state index in [1.165, 1.54) is 0 Å². The minimum atomic E-state index is -0.165. The molecule has 1 aliphatic rings. The smallest absolute Gasteiger partial charge is 0.170 e. The zero-order valence-corrected chi connectivity index (χ0v) is 9.23. The number of carbonyl (C=O) groups excluding carboxylic acids is 2. The van der Waals surface area contributed by atoms with Crippen LogP contribution in [0.2, 0.25) is 0 Å². The van der Waals surface area contributed by atoms with Gasteiger partial charge in [0.25, 0.3) is 0 Å². The average molecular weight is 218 g/mol. The number of aldehydes is 1. The quantitative estimate of drug-likeness (QED) is 0.729. The van der Waals surface area contributed by atoms with E-state index < -0.39 is 0 Å². The highest BCUT2D eigenvalue weighted by atomic mass is 16.5. The van der Waals surface area contributed by atoms with Gasteiger partial charge in [-0.05, 0) is 24.5 Å². The van der Waals surface area contributed by atoms with Crippen LogP contribution < -0.4 is 4.74 Å². The molecule has 3 heteroatoms. The van der Waals surface area contributed by atoms with E-state index in [4.69, 9.17) is 4.74 Å². The number of Topliss-reactive ketones (excluding diaryl/α,β-unsaturated/α-hetero) is 1. The molecule has 0 amide bonds. The second-order valence-corrected chi connectivity index (χ2v) is 4.00. The highest BCUT2D eigenvalue weighted by molar-refractivity contribution is 6.03. The third-order valence-electron chi connectivity index (χ3n) is 3.09. The highest BCUT2D eigenvalue weighted by Gasteiger charge is 2.29. The Morgan fingerprint density at radius 2 is 2.31 bits per heavy atom. The summed E-state index contributed by atoms with van der Waals surface area (Å²) >= 11 is 0. The highest BCUT2D eigenvalue weighted by Crippen LogP contribution is 2.33. The molecule has 1 unspecified atom stereocenters. The minimum absolute atomic E-state index is 0.0470. The maximum atomic E-state index is 12.1. The first-order valence-corrected chi connectivity index (χ1v) is 5.41. The van der Waals surface area contributed by atoms with Crippen molar-refractivity contribution in [2.75, 3.05) is 7.11 Å². The fourth-order valence-corrected chi connectivity index (χ4v) is 2.24. The van der Waals surface area contributed by atoms with Crippen molar-refractivity contribution >= 4 is 12.1 Å². The largest absolute Gasteiger partial charge is 0.496 e. The van der Waals surface area contributed by atoms with Crippen LogP contribution in [-0.2, 0) is 11.2 Å². The Balaban J connectivity index is 2.42. The molecule has 0 heterocycles. The zero-order valence-electron chi connectivity index (χ0n) is 9.23. The second-order valence-electron chi connectivity index (χ2n) is 4.00. The third-order valence-corrected chi connectivity index (χ3v) is 3.09. The van der Waals surface area contributed by atoms with Crippen LogP contribution in [0.3, 0.4) is 0 Å². The summed E-state index contributed by atoms with van der Waals surface area (Å²) in [5, 5.41) is 0. The normalized spacial score (nSPS) is 19.1. The summed E-state index contributed by atoms with van der Waals surface area (Å²) < 4.78 is 5.20. The molecule has 16 heavy (non-hydrogen) atoms. The first-order chi connectivity index (χ1) is 7.77. The maximum Gasteiger partial charge on any atom is 0.170 e. The van der Waals surface area contributed by atoms with Gasteiger partial charge in [0, 0.05) is 12.3 Å². The predicted molar refractivity (Wildman–Crippen MR) is 59.8 cm³/mol. The summed E-state index contributed by atoms with van der Waals surface area (Å²) in [5.41, 5.74) is 1.70. The van der Waals surface area contributed by atoms with Gasteiger partial charge in [0.1, 0.15) is 12.0 Å². The van der Waals surface area contributed by atoms with Crippen molar-refractivity contribution in [3.05, 3.63) is 29.3 Å². The standard InChI is InChI=1S/C13H14O3/c1-16-11-4-2-3-9-5-6-10(7-8-14)13(15)12(9)11/h2-4,8,10H,5-7H2,1H3. The molecule has 0 fully saturated rings. The average Bonchev–Trinajstić information content (AvgIpc) is 2.32. The topological polar surface area (TPSA) is 43.4 Å². The summed E-state index contributed by atoms with van der Waals surface area (Å²) in [6.45, 7) is 0. The number of hydrogen-bond acceptors (Lipinski definition) is 3. The van der Waals surface area contributed by atoms with Crippen LogP contribution in [0.5, 0.6) is 5.75 Å². The van der Waals surface area contributed by atoms with E-state index in [0.717, 1.165) is 24.7 Å². The van der Waals surface area contributed by atoms with Gasteiger partial charge in [0.2, 0.25) is 0 Å². The van der Waals surface area contributed by atoms with Gasteiger partial charge in [0.05, 0.1) is 12.7 Å². The van der Waals surface area contributed by atoms with Crippen molar-refractivity contribution in [3.63, 3.8) is 0 Å². The maximum absolute atomic E-state index is 12.1. The van der Waals surface area contributed by atoms with Crippen molar-refractivity contribution in [2.24, 2.45) is 5.92 Å². The van der Waals surface area contributed by atoms with Crippen LogP contribution in [0.15, 0.2) is 18.2 Å². The van der Waals surface area contributed by atoms with Crippen LogP contribution in [0.25, 0.3) is 0 Å². The lowest BCUT2D eigenvalue weighted by Gasteiger charge is -2.23. The molecule has 0 aliphatic heterocycles. The molecule has 1 aliphatic carbocycles. The number of rotatable bonds is 3. The Labute approximate surface area is 94.4 Å². The SMILES string of the molecule is COc1cccc2c1C(=O)C(CC=O)CC2. The Kier molecular flexibility index (Phi) is 3.04. The molecule has 0 bridgehead atoms. The van der Waals surface area contributed by atoms with E-state index in [1.54, 1.807) is 13.2 Å². The number of ketones is 1. The van der Waals surface area contributed by atoms with Gasteiger partial charge in [-0.3, -0.25) is 4.79 Å². The van der Waals surface area contributed by atoms with Crippen molar-refractivity contribution in [2.45, 2.75) is 19.3 Å². The summed E-state index contributed by atoms with van der Waals surface area (Å²) in [4.78, 5) is 22.6. The molecule has 1 aromatic carbocycles. The van der Waals surface area contributed by atoms with Crippen molar-refractivity contribution < 1.29 is 14.3 Å². The molecule has 0 aromatic heterocycles. The lowest BCUT2D eigenvalue weighted by molar-refractivity contribution is -0.108. The fraction of sp³-hybridized carbons (Fsp3) is 0.385. The molecule has 0 saturated heterocycles. The van der Waals surface area contributed by atoms with Crippen LogP contribution in [0.1, 0.15) is 28.8 Å². The number of fused-ring (bicyclic) bond motifs is 1. The molecule has 0 N–H and O–H groups in total. The van der Waals surface area contributed by atoms with E-state index in [1.807, 2.05) is 12.1 Å². The molecular formula is C13H14O3. The van der Waals surface area contributed by atoms with Gasteiger partial charge >= 0.3 is 0 Å². The Morgan fingerprint density at radius 3 is 3.00 bits per heavy atom. The van der Waals surface area contributed by atoms with Gasteiger partial charge < -0.3 is 9.53 Å². The summed E-state index contributed by atoms with van der Waals surface area (Å²) in [5.74, 6) is 0.505. The van der Waals surface area contributed by atoms with E-state index in [2.05, 4.69) is 0 Å². The minimum Gasteiger partial charge on any atom is -0.496 e. The van der Waals surface area contributed by atoms with Crippen LogP contribution >= 0.6 is 0 Å². The van der Waals surface area contributed by atoms with Crippen molar-refractivity contribution in [3.8, 4) is 5.75 Å². The summed E-state index contributed by atoms with van der Waals surface area (Å²) in [7, 11) is 1.56. The number of methoxy groups -OCH3 is 1. The first kappa shape index (κ1) is 10.9. The Morgan fingerprint density at radius 1 is 1.50 bits per heavy atom. The van der Waals surface area contributed by atoms with Crippen LogP contribution in [0, 0.1) is 5.92 Å². The van der Waals surface area contributed by atoms with E-state index >= 15 is 0 Å². The van der Waals surface area contributed by atoms with Gasteiger partial charge in [-0.15, -0.1) is 0 Å². The van der Waals surface area contributed by atoms with E-state index in [0.29, 0.717) is 17.7 Å². The second kappa shape index (κ2) is 4.47. The molecule has 0 spiro atoms. The van der Waals surface area contributed by atoms with E-state index in [-0.39, 0.29) is 11.7 Å². The third kappa shape index (κ3) is 1.73. The summed E-state index contributed by atoms with van der Waals surface area (Å²) in [6, 6.07) is 5.64.